The van der Waals surface area contributed by atoms with E-state index in [0.717, 1.165) is 18.5 Å². The van der Waals surface area contributed by atoms with E-state index in [-0.39, 0.29) is 11.8 Å². The molecule has 1 aromatic heterocycles. The van der Waals surface area contributed by atoms with Crippen LogP contribution >= 0.6 is 11.3 Å². The van der Waals surface area contributed by atoms with E-state index in [1.165, 1.54) is 19.3 Å². The Bertz CT molecular complexity index is 448. The van der Waals surface area contributed by atoms with Gasteiger partial charge >= 0.3 is 0 Å². The molecule has 5 heteroatoms. The van der Waals surface area contributed by atoms with Crippen LogP contribution in [0.1, 0.15) is 37.8 Å². The highest BCUT2D eigenvalue weighted by atomic mass is 32.1. The first-order chi connectivity index (χ1) is 9.65. The fraction of sp³-hybridized carbons (Fsp3) is 0.733. The van der Waals surface area contributed by atoms with Gasteiger partial charge in [0.25, 0.3) is 0 Å². The molecule has 2 aliphatic rings. The number of nitrogens with zero attached hydrogens (tertiary/aromatic N) is 2. The van der Waals surface area contributed by atoms with Gasteiger partial charge in [0.1, 0.15) is 0 Å². The standard InChI is InChI=1S/C15H23N3OS/c1-18(7-13-8-20-9-17-13)15(19)12-5-10-3-2-4-11(6-12)14(10)16/h8-12,14H,2-7,16H2,1H3. The maximum absolute atomic E-state index is 12.6. The lowest BCUT2D eigenvalue weighted by Gasteiger charge is -2.44. The molecular weight excluding hydrogens is 270 g/mol. The van der Waals surface area contributed by atoms with E-state index in [2.05, 4.69) is 4.98 Å². The van der Waals surface area contributed by atoms with Crippen LogP contribution in [0.5, 0.6) is 0 Å². The minimum absolute atomic E-state index is 0.175. The summed E-state index contributed by atoms with van der Waals surface area (Å²) in [5.74, 6) is 1.57. The van der Waals surface area contributed by atoms with Crippen molar-refractivity contribution in [3.63, 3.8) is 0 Å². The van der Waals surface area contributed by atoms with E-state index in [4.69, 9.17) is 5.73 Å². The highest BCUT2D eigenvalue weighted by Gasteiger charge is 2.41. The molecule has 4 nitrogen and oxygen atoms in total. The van der Waals surface area contributed by atoms with Crippen molar-refractivity contribution in [1.82, 2.24) is 9.88 Å². The number of thiazole rings is 1. The Kier molecular flexibility index (Phi) is 4.08. The molecule has 1 heterocycles. The first-order valence-electron chi connectivity index (χ1n) is 7.52. The van der Waals surface area contributed by atoms with Crippen LogP contribution in [0.2, 0.25) is 0 Å². The molecule has 0 radical (unpaired) electrons. The second-order valence-corrected chi connectivity index (χ2v) is 7.09. The van der Waals surface area contributed by atoms with Crippen LogP contribution in [-0.2, 0) is 11.3 Å². The largest absolute Gasteiger partial charge is 0.340 e. The number of carbonyl (C=O) groups excluding carboxylic acids is 1. The molecular formula is C15H23N3OS. The van der Waals surface area contributed by atoms with Gasteiger partial charge in [0.05, 0.1) is 17.7 Å². The first kappa shape index (κ1) is 14.0. The predicted molar refractivity (Wildman–Crippen MR) is 80.1 cm³/mol. The van der Waals surface area contributed by atoms with E-state index in [1.54, 1.807) is 11.3 Å². The van der Waals surface area contributed by atoms with Gasteiger partial charge in [-0.3, -0.25) is 4.79 Å². The highest BCUT2D eigenvalue weighted by Crippen LogP contribution is 2.42. The Morgan fingerprint density at radius 1 is 1.45 bits per heavy atom. The van der Waals surface area contributed by atoms with Crippen LogP contribution in [0.15, 0.2) is 10.9 Å². The zero-order chi connectivity index (χ0) is 14.1. The van der Waals surface area contributed by atoms with E-state index in [9.17, 15) is 4.79 Å². The van der Waals surface area contributed by atoms with Crippen molar-refractivity contribution < 1.29 is 4.79 Å². The van der Waals surface area contributed by atoms with Crippen molar-refractivity contribution in [3.05, 3.63) is 16.6 Å². The lowest BCUT2D eigenvalue weighted by atomic mass is 9.65. The number of aromatic nitrogens is 1. The van der Waals surface area contributed by atoms with Gasteiger partial charge in [-0.15, -0.1) is 11.3 Å². The van der Waals surface area contributed by atoms with Crippen LogP contribution in [0.3, 0.4) is 0 Å². The molecule has 2 saturated carbocycles. The molecule has 1 amide bonds. The second kappa shape index (κ2) is 5.82. The minimum Gasteiger partial charge on any atom is -0.340 e. The third-order valence-corrected chi connectivity index (χ3v) is 5.66. The zero-order valence-corrected chi connectivity index (χ0v) is 12.8. The molecule has 2 aliphatic carbocycles. The van der Waals surface area contributed by atoms with Gasteiger partial charge in [0, 0.05) is 24.4 Å². The van der Waals surface area contributed by atoms with Crippen LogP contribution in [-0.4, -0.2) is 28.9 Å². The van der Waals surface area contributed by atoms with Crippen molar-refractivity contribution >= 4 is 17.2 Å². The average Bonchev–Trinajstić information content (AvgIpc) is 2.90. The smallest absolute Gasteiger partial charge is 0.225 e. The molecule has 0 spiro atoms. The maximum Gasteiger partial charge on any atom is 0.225 e. The third-order valence-electron chi connectivity index (χ3n) is 5.02. The summed E-state index contributed by atoms with van der Waals surface area (Å²) in [7, 11) is 1.89. The van der Waals surface area contributed by atoms with Crippen molar-refractivity contribution in [2.75, 3.05) is 7.05 Å². The van der Waals surface area contributed by atoms with Crippen molar-refractivity contribution in [2.24, 2.45) is 23.5 Å². The molecule has 0 aromatic carbocycles. The number of fused-ring (bicyclic) bond motifs is 2. The summed E-state index contributed by atoms with van der Waals surface area (Å²) in [6, 6.07) is 0.330. The molecule has 2 unspecified atom stereocenters. The van der Waals surface area contributed by atoms with Crippen LogP contribution in [0, 0.1) is 17.8 Å². The van der Waals surface area contributed by atoms with Crippen LogP contribution in [0.4, 0.5) is 0 Å². The highest BCUT2D eigenvalue weighted by molar-refractivity contribution is 7.07. The number of nitrogens with two attached hydrogens (primary N) is 1. The zero-order valence-electron chi connectivity index (χ0n) is 12.0. The SMILES string of the molecule is CN(Cc1cscn1)C(=O)C1CC2CCCC(C1)C2N. The number of rotatable bonds is 3. The van der Waals surface area contributed by atoms with Gasteiger partial charge in [-0.25, -0.2) is 4.98 Å². The third kappa shape index (κ3) is 2.74. The summed E-state index contributed by atoms with van der Waals surface area (Å²) in [5, 5.41) is 2.01. The summed E-state index contributed by atoms with van der Waals surface area (Å²) < 4.78 is 0. The maximum atomic E-state index is 12.6. The summed E-state index contributed by atoms with van der Waals surface area (Å²) in [4.78, 5) is 18.7. The second-order valence-electron chi connectivity index (χ2n) is 6.37. The normalized spacial score (nSPS) is 32.9. The monoisotopic (exact) mass is 293 g/mol. The Hall–Kier alpha value is -0.940. The molecule has 1 aromatic rings. The van der Waals surface area contributed by atoms with Gasteiger partial charge in [-0.2, -0.15) is 0 Å². The van der Waals surface area contributed by atoms with Gasteiger partial charge in [-0.1, -0.05) is 6.42 Å². The quantitative estimate of drug-likeness (QED) is 0.930. The number of carbonyl (C=O) groups is 1. The van der Waals surface area contributed by atoms with Crippen molar-refractivity contribution in [3.8, 4) is 0 Å². The molecule has 0 aliphatic heterocycles. The Morgan fingerprint density at radius 2 is 2.15 bits per heavy atom. The van der Waals surface area contributed by atoms with Gasteiger partial charge in [0.2, 0.25) is 5.91 Å². The number of amides is 1. The van der Waals surface area contributed by atoms with Crippen molar-refractivity contribution in [1.29, 1.82) is 0 Å². The Labute approximate surface area is 124 Å². The molecule has 20 heavy (non-hydrogen) atoms. The molecule has 2 N–H and O–H groups in total. The lowest BCUT2D eigenvalue weighted by molar-refractivity contribution is -0.137. The summed E-state index contributed by atoms with van der Waals surface area (Å²) in [5.41, 5.74) is 9.10. The molecule has 2 atom stereocenters. The number of hydrogen-bond donors (Lipinski definition) is 1. The van der Waals surface area contributed by atoms with Crippen LogP contribution < -0.4 is 5.73 Å². The predicted octanol–water partition coefficient (Wildman–Crippen LogP) is 2.26. The number of hydrogen-bond acceptors (Lipinski definition) is 4. The average molecular weight is 293 g/mol. The van der Waals surface area contributed by atoms with Gasteiger partial charge < -0.3 is 10.6 Å². The van der Waals surface area contributed by atoms with Gasteiger partial charge in [-0.05, 0) is 37.5 Å². The molecule has 110 valence electrons. The van der Waals surface area contributed by atoms with E-state index in [0.29, 0.717) is 24.4 Å². The Balaban J connectivity index is 1.62. The molecule has 3 rings (SSSR count). The Morgan fingerprint density at radius 3 is 2.75 bits per heavy atom. The van der Waals surface area contributed by atoms with E-state index in [1.807, 2.05) is 22.8 Å². The van der Waals surface area contributed by atoms with Gasteiger partial charge in [0.15, 0.2) is 0 Å². The lowest BCUT2D eigenvalue weighted by Crippen LogP contribution is -2.49. The molecule has 2 bridgehead atoms. The molecule has 2 fully saturated rings. The first-order valence-corrected chi connectivity index (χ1v) is 8.47. The summed E-state index contributed by atoms with van der Waals surface area (Å²) in [6.45, 7) is 0.625. The van der Waals surface area contributed by atoms with E-state index < -0.39 is 0 Å². The van der Waals surface area contributed by atoms with Crippen LogP contribution in [0.25, 0.3) is 0 Å². The van der Waals surface area contributed by atoms with E-state index >= 15 is 0 Å². The fourth-order valence-corrected chi connectivity index (χ4v) is 4.49. The summed E-state index contributed by atoms with van der Waals surface area (Å²) >= 11 is 1.58. The molecule has 0 saturated heterocycles. The fourth-order valence-electron chi connectivity index (χ4n) is 3.94. The topological polar surface area (TPSA) is 59.2 Å². The minimum atomic E-state index is 0.175. The summed E-state index contributed by atoms with van der Waals surface area (Å²) in [6.07, 6.45) is 5.67. The van der Waals surface area contributed by atoms with Crippen molar-refractivity contribution in [2.45, 2.75) is 44.7 Å².